The Bertz CT molecular complexity index is 436. The maximum Gasteiger partial charge on any atom is 0.100 e. The van der Waals surface area contributed by atoms with E-state index in [0.717, 1.165) is 0 Å². The lowest BCUT2D eigenvalue weighted by molar-refractivity contribution is -0.165. The Morgan fingerprint density at radius 1 is 1.37 bits per heavy atom. The normalized spacial score (nSPS) is 32.1. The van der Waals surface area contributed by atoms with Gasteiger partial charge in [0.2, 0.25) is 0 Å². The second-order valence-electron chi connectivity index (χ2n) is 5.77. The predicted octanol–water partition coefficient (Wildman–Crippen LogP) is 4.99. The van der Waals surface area contributed by atoms with Crippen LogP contribution in [0.4, 0.5) is 0 Å². The first kappa shape index (κ1) is 14.7. The third kappa shape index (κ3) is 2.77. The molecule has 106 valence electrons. The van der Waals surface area contributed by atoms with E-state index in [1.54, 1.807) is 11.3 Å². The first-order valence-corrected chi connectivity index (χ1v) is 8.19. The Hall–Kier alpha value is -0.670. The van der Waals surface area contributed by atoms with E-state index in [-0.39, 0.29) is 11.7 Å². The molecule has 0 aromatic carbocycles. The molecule has 19 heavy (non-hydrogen) atoms. The van der Waals surface area contributed by atoms with Crippen LogP contribution in [0, 0.1) is 11.8 Å². The molecule has 3 rings (SSSR count). The van der Waals surface area contributed by atoms with Gasteiger partial charge in [0.1, 0.15) is 6.10 Å². The highest BCUT2D eigenvalue weighted by Crippen LogP contribution is 2.51. The average molecular weight is 279 g/mol. The molecule has 0 amide bonds. The molecule has 1 aromatic heterocycles. The summed E-state index contributed by atoms with van der Waals surface area (Å²) in [6.07, 6.45) is 7.03. The number of ether oxygens (including phenoxy) is 1. The largest absolute Gasteiger partial charge is 0.366 e. The van der Waals surface area contributed by atoms with E-state index < -0.39 is 0 Å². The van der Waals surface area contributed by atoms with Crippen molar-refractivity contribution in [3.05, 3.63) is 28.2 Å². The topological polar surface area (TPSA) is 22.1 Å². The lowest BCUT2D eigenvalue weighted by Crippen LogP contribution is -2.45. The van der Waals surface area contributed by atoms with E-state index in [0.29, 0.717) is 11.8 Å². The number of aromatic nitrogens is 1. The lowest BCUT2D eigenvalue weighted by Gasteiger charge is -2.49. The fraction of sp³-hybridized carbons (Fsp3) is 0.688. The van der Waals surface area contributed by atoms with E-state index in [2.05, 4.69) is 31.8 Å². The molecule has 1 saturated heterocycles. The number of allylic oxidation sites excluding steroid dienone is 1. The molecule has 3 unspecified atom stereocenters. The molecule has 1 aromatic rings. The third-order valence-corrected chi connectivity index (χ3v) is 5.20. The van der Waals surface area contributed by atoms with Crippen molar-refractivity contribution >= 4 is 11.3 Å². The SMILES string of the molecule is CC.CC1=CCC2CC1C(c1cncs1)OC2(C)C. The number of hydrogen-bond acceptors (Lipinski definition) is 3. The van der Waals surface area contributed by atoms with Gasteiger partial charge in [0.05, 0.1) is 16.0 Å². The van der Waals surface area contributed by atoms with Crippen molar-refractivity contribution in [1.82, 2.24) is 4.98 Å². The number of rotatable bonds is 1. The standard InChI is InChI=1S/C14H19NOS.C2H6/c1-9-4-5-10-6-11(9)13(16-14(10,2)3)12-7-15-8-17-12;1-2/h4,7-8,10-11,13H,5-6H2,1-3H3;1-2H3. The molecule has 0 N–H and O–H groups in total. The molecule has 3 atom stereocenters. The molecule has 2 aliphatic rings. The van der Waals surface area contributed by atoms with Gasteiger partial charge in [-0.3, -0.25) is 4.98 Å². The van der Waals surface area contributed by atoms with Crippen molar-refractivity contribution in [3.8, 4) is 0 Å². The van der Waals surface area contributed by atoms with Crippen LogP contribution in [-0.4, -0.2) is 10.6 Å². The molecule has 0 spiro atoms. The molecule has 1 aliphatic carbocycles. The Balaban J connectivity index is 0.000000637. The number of fused-ring (bicyclic) bond motifs is 2. The summed E-state index contributed by atoms with van der Waals surface area (Å²) >= 11 is 1.71. The predicted molar refractivity (Wildman–Crippen MR) is 81.3 cm³/mol. The summed E-state index contributed by atoms with van der Waals surface area (Å²) in [6.45, 7) is 10.7. The summed E-state index contributed by atoms with van der Waals surface area (Å²) in [6, 6.07) is 0. The molecule has 1 fully saturated rings. The Morgan fingerprint density at radius 2 is 2.11 bits per heavy atom. The highest BCUT2D eigenvalue weighted by molar-refractivity contribution is 7.09. The van der Waals surface area contributed by atoms with Gasteiger partial charge in [0.25, 0.3) is 0 Å². The zero-order valence-electron chi connectivity index (χ0n) is 12.6. The van der Waals surface area contributed by atoms with Gasteiger partial charge in [-0.15, -0.1) is 11.3 Å². The minimum atomic E-state index is -0.0116. The van der Waals surface area contributed by atoms with E-state index in [1.807, 2.05) is 25.6 Å². The minimum Gasteiger partial charge on any atom is -0.366 e. The minimum absolute atomic E-state index is 0.0116. The summed E-state index contributed by atoms with van der Waals surface area (Å²) < 4.78 is 6.39. The number of nitrogens with zero attached hydrogens (tertiary/aromatic N) is 1. The fourth-order valence-electron chi connectivity index (χ4n) is 3.13. The van der Waals surface area contributed by atoms with Gasteiger partial charge in [-0.05, 0) is 39.5 Å². The van der Waals surface area contributed by atoms with Crippen LogP contribution in [0.15, 0.2) is 23.4 Å². The second kappa shape index (κ2) is 5.76. The highest BCUT2D eigenvalue weighted by Gasteiger charge is 2.45. The van der Waals surface area contributed by atoms with Gasteiger partial charge in [-0.1, -0.05) is 25.5 Å². The summed E-state index contributed by atoms with van der Waals surface area (Å²) in [4.78, 5) is 5.47. The van der Waals surface area contributed by atoms with Crippen molar-refractivity contribution < 1.29 is 4.74 Å². The quantitative estimate of drug-likeness (QED) is 0.675. The van der Waals surface area contributed by atoms with Gasteiger partial charge in [0.15, 0.2) is 0 Å². The van der Waals surface area contributed by atoms with Crippen LogP contribution >= 0.6 is 11.3 Å². The Labute approximate surface area is 120 Å². The van der Waals surface area contributed by atoms with Crippen LogP contribution in [0.5, 0.6) is 0 Å². The molecule has 2 nitrogen and oxygen atoms in total. The van der Waals surface area contributed by atoms with Gasteiger partial charge in [-0.2, -0.15) is 0 Å². The van der Waals surface area contributed by atoms with Crippen LogP contribution in [0.2, 0.25) is 0 Å². The van der Waals surface area contributed by atoms with Crippen LogP contribution in [0.1, 0.15) is 58.4 Å². The van der Waals surface area contributed by atoms with Crippen molar-refractivity contribution in [1.29, 1.82) is 0 Å². The van der Waals surface area contributed by atoms with Crippen molar-refractivity contribution in [2.45, 2.75) is 59.2 Å². The molecule has 2 heterocycles. The van der Waals surface area contributed by atoms with E-state index >= 15 is 0 Å². The summed E-state index contributed by atoms with van der Waals surface area (Å²) in [7, 11) is 0. The maximum atomic E-state index is 6.39. The fourth-order valence-corrected chi connectivity index (χ4v) is 3.84. The molecule has 2 bridgehead atoms. The lowest BCUT2D eigenvalue weighted by atomic mass is 9.69. The van der Waals surface area contributed by atoms with Crippen LogP contribution in [-0.2, 0) is 4.74 Å². The highest BCUT2D eigenvalue weighted by atomic mass is 32.1. The van der Waals surface area contributed by atoms with E-state index in [9.17, 15) is 0 Å². The molecule has 1 aliphatic heterocycles. The molecule has 3 heteroatoms. The van der Waals surface area contributed by atoms with Crippen molar-refractivity contribution in [3.63, 3.8) is 0 Å². The van der Waals surface area contributed by atoms with Crippen LogP contribution < -0.4 is 0 Å². The summed E-state index contributed by atoms with van der Waals surface area (Å²) in [5.41, 5.74) is 3.39. The number of hydrogen-bond donors (Lipinski definition) is 0. The Kier molecular flexibility index (Phi) is 4.46. The maximum absolute atomic E-state index is 6.39. The Morgan fingerprint density at radius 3 is 2.74 bits per heavy atom. The zero-order valence-corrected chi connectivity index (χ0v) is 13.5. The summed E-state index contributed by atoms with van der Waals surface area (Å²) in [5, 5.41) is 0. The zero-order chi connectivity index (χ0) is 14.0. The third-order valence-electron chi connectivity index (χ3n) is 4.36. The van der Waals surface area contributed by atoms with Gasteiger partial charge >= 0.3 is 0 Å². The molecular formula is C16H25NOS. The van der Waals surface area contributed by atoms with Crippen LogP contribution in [0.25, 0.3) is 0 Å². The van der Waals surface area contributed by atoms with Crippen molar-refractivity contribution in [2.24, 2.45) is 11.8 Å². The molecule has 0 radical (unpaired) electrons. The van der Waals surface area contributed by atoms with Crippen LogP contribution in [0.3, 0.4) is 0 Å². The first-order chi connectivity index (χ1) is 9.08. The molecule has 0 saturated carbocycles. The average Bonchev–Trinajstić information content (AvgIpc) is 2.92. The van der Waals surface area contributed by atoms with Crippen molar-refractivity contribution in [2.75, 3.05) is 0 Å². The van der Waals surface area contributed by atoms with E-state index in [1.165, 1.54) is 23.3 Å². The monoisotopic (exact) mass is 279 g/mol. The van der Waals surface area contributed by atoms with Gasteiger partial charge in [0, 0.05) is 12.1 Å². The number of thiazole rings is 1. The van der Waals surface area contributed by atoms with Gasteiger partial charge in [-0.25, -0.2) is 0 Å². The van der Waals surface area contributed by atoms with E-state index in [4.69, 9.17) is 4.74 Å². The first-order valence-electron chi connectivity index (χ1n) is 7.31. The summed E-state index contributed by atoms with van der Waals surface area (Å²) in [5.74, 6) is 1.22. The second-order valence-corrected chi connectivity index (χ2v) is 6.69. The molecular weight excluding hydrogens is 254 g/mol. The smallest absolute Gasteiger partial charge is 0.100 e. The van der Waals surface area contributed by atoms with Gasteiger partial charge < -0.3 is 4.74 Å².